The van der Waals surface area contributed by atoms with Gasteiger partial charge in [0.15, 0.2) is 6.61 Å². The van der Waals surface area contributed by atoms with Crippen molar-refractivity contribution < 1.29 is 26.9 Å². The van der Waals surface area contributed by atoms with Crippen LogP contribution in [0.15, 0.2) is 18.2 Å². The monoisotopic (exact) mass is 338 g/mol. The third kappa shape index (κ3) is 7.30. The van der Waals surface area contributed by atoms with E-state index in [0.717, 1.165) is 0 Å². The summed E-state index contributed by atoms with van der Waals surface area (Å²) in [6.45, 7) is 0.446. The fraction of sp³-hybridized carbons (Fsp3) is 0.462. The predicted molar refractivity (Wildman–Crippen MR) is 78.7 cm³/mol. The van der Waals surface area contributed by atoms with Crippen molar-refractivity contribution in [1.29, 1.82) is 0 Å². The van der Waals surface area contributed by atoms with E-state index in [9.17, 15) is 22.2 Å². The van der Waals surface area contributed by atoms with Crippen LogP contribution in [0.1, 0.15) is 5.56 Å². The summed E-state index contributed by atoms with van der Waals surface area (Å²) in [5, 5.41) is 4.86. The second-order valence-electron chi connectivity index (χ2n) is 4.56. The Morgan fingerprint density at radius 2 is 2.05 bits per heavy atom. The van der Waals surface area contributed by atoms with Crippen LogP contribution >= 0.6 is 0 Å². The van der Waals surface area contributed by atoms with Crippen LogP contribution in [0.5, 0.6) is 5.75 Å². The molecule has 2 amide bonds. The number of aryl methyl sites for hydroxylation is 1. The van der Waals surface area contributed by atoms with Crippen molar-refractivity contribution >= 4 is 22.5 Å². The molecule has 0 fully saturated rings. The van der Waals surface area contributed by atoms with Crippen LogP contribution in [0.4, 0.5) is 23.7 Å². The number of rotatable bonds is 6. The van der Waals surface area contributed by atoms with Gasteiger partial charge in [0.1, 0.15) is 5.75 Å². The maximum absolute atomic E-state index is 12.2. The molecule has 0 saturated heterocycles. The molecule has 9 heteroatoms. The molecule has 124 valence electrons. The average molecular weight is 338 g/mol. The minimum Gasteiger partial charge on any atom is -0.482 e. The summed E-state index contributed by atoms with van der Waals surface area (Å²) < 4.78 is 52.3. The maximum Gasteiger partial charge on any atom is 0.422 e. The lowest BCUT2D eigenvalue weighted by Gasteiger charge is -2.15. The zero-order valence-corrected chi connectivity index (χ0v) is 12.9. The molecule has 22 heavy (non-hydrogen) atoms. The predicted octanol–water partition coefficient (Wildman–Crippen LogP) is 2.44. The first-order valence-corrected chi connectivity index (χ1v) is 8.05. The number of alkyl halides is 3. The quantitative estimate of drug-likeness (QED) is 0.837. The summed E-state index contributed by atoms with van der Waals surface area (Å²) in [6, 6.07) is 3.89. The largest absolute Gasteiger partial charge is 0.482 e. The first-order valence-electron chi connectivity index (χ1n) is 6.32. The number of halogens is 3. The highest BCUT2D eigenvalue weighted by Crippen LogP contribution is 2.27. The number of carbonyl (C=O) groups is 1. The number of ether oxygens (including phenoxy) is 1. The number of amides is 2. The summed E-state index contributed by atoms with van der Waals surface area (Å²) in [5.74, 6) is 0.227. The van der Waals surface area contributed by atoms with Crippen molar-refractivity contribution in [1.82, 2.24) is 5.32 Å². The van der Waals surface area contributed by atoms with E-state index < -0.39 is 29.6 Å². The number of urea groups is 1. The fourth-order valence-electron chi connectivity index (χ4n) is 1.49. The van der Waals surface area contributed by atoms with Crippen molar-refractivity contribution in [3.63, 3.8) is 0 Å². The van der Waals surface area contributed by atoms with Gasteiger partial charge in [-0.1, -0.05) is 6.07 Å². The van der Waals surface area contributed by atoms with Gasteiger partial charge in [0.25, 0.3) is 0 Å². The van der Waals surface area contributed by atoms with Gasteiger partial charge in [0.05, 0.1) is 5.69 Å². The van der Waals surface area contributed by atoms with Crippen LogP contribution in [0.2, 0.25) is 0 Å². The molecular formula is C13H17F3N2O3S. The zero-order chi connectivity index (χ0) is 16.8. The Labute approximate surface area is 128 Å². The van der Waals surface area contributed by atoms with Gasteiger partial charge in [0, 0.05) is 29.4 Å². The molecule has 0 unspecified atom stereocenters. The second-order valence-corrected chi connectivity index (χ2v) is 6.12. The summed E-state index contributed by atoms with van der Waals surface area (Å²) in [4.78, 5) is 11.6. The fourth-order valence-corrected chi connectivity index (χ4v) is 1.88. The topological polar surface area (TPSA) is 67.4 Å². The minimum absolute atomic E-state index is 0.0634. The van der Waals surface area contributed by atoms with Crippen LogP contribution in [-0.4, -0.2) is 41.6 Å². The number of nitrogens with one attached hydrogen (secondary N) is 2. The van der Waals surface area contributed by atoms with E-state index in [0.29, 0.717) is 11.3 Å². The molecule has 0 heterocycles. The van der Waals surface area contributed by atoms with Gasteiger partial charge in [-0.15, -0.1) is 0 Å². The van der Waals surface area contributed by atoms with Crippen molar-refractivity contribution in [2.45, 2.75) is 13.1 Å². The molecule has 1 aromatic rings. The van der Waals surface area contributed by atoms with Crippen LogP contribution in [0, 0.1) is 6.92 Å². The molecule has 0 spiro atoms. The number of anilines is 1. The van der Waals surface area contributed by atoms with Crippen LogP contribution in [0.3, 0.4) is 0 Å². The van der Waals surface area contributed by atoms with E-state index >= 15 is 0 Å². The Balaban J connectivity index is 2.68. The SMILES string of the molecule is Cc1ccc(NC(=O)NCC[S@@](C)=O)c(OCC(F)(F)F)c1. The van der Waals surface area contributed by atoms with Crippen molar-refractivity contribution in [2.75, 3.05) is 30.5 Å². The Kier molecular flexibility index (Phi) is 6.66. The normalized spacial score (nSPS) is 12.6. The van der Waals surface area contributed by atoms with Gasteiger partial charge >= 0.3 is 12.2 Å². The maximum atomic E-state index is 12.2. The lowest BCUT2D eigenvalue weighted by atomic mass is 10.2. The number of hydrogen-bond acceptors (Lipinski definition) is 3. The van der Waals surface area contributed by atoms with Crippen molar-refractivity contribution in [3.8, 4) is 5.75 Å². The molecule has 0 radical (unpaired) electrons. The van der Waals surface area contributed by atoms with Crippen LogP contribution in [-0.2, 0) is 10.8 Å². The highest BCUT2D eigenvalue weighted by Gasteiger charge is 2.29. The molecule has 0 aliphatic rings. The second kappa shape index (κ2) is 8.02. The van der Waals surface area contributed by atoms with E-state index in [1.54, 1.807) is 13.0 Å². The van der Waals surface area contributed by atoms with Crippen LogP contribution in [0.25, 0.3) is 0 Å². The summed E-state index contributed by atoms with van der Waals surface area (Å²) >= 11 is 0. The van der Waals surface area contributed by atoms with E-state index in [4.69, 9.17) is 4.74 Å². The molecule has 0 aromatic heterocycles. The molecule has 0 aliphatic heterocycles. The zero-order valence-electron chi connectivity index (χ0n) is 12.1. The molecule has 1 atom stereocenters. The highest BCUT2D eigenvalue weighted by molar-refractivity contribution is 7.84. The summed E-state index contributed by atoms with van der Waals surface area (Å²) in [7, 11) is -1.04. The number of hydrogen-bond donors (Lipinski definition) is 2. The molecule has 0 saturated carbocycles. The highest BCUT2D eigenvalue weighted by atomic mass is 32.2. The Hall–Kier alpha value is -1.77. The lowest BCUT2D eigenvalue weighted by molar-refractivity contribution is -0.153. The standard InChI is InChI=1S/C13H17F3N2O3S/c1-9-3-4-10(11(7-9)21-8-13(14,15)16)18-12(19)17-5-6-22(2)20/h3-4,7H,5-6,8H2,1-2H3,(H2,17,18,19)/t22-/m1/s1. The van der Waals surface area contributed by atoms with E-state index in [1.807, 2.05) is 0 Å². The minimum atomic E-state index is -4.46. The number of carbonyl (C=O) groups excluding carboxylic acids is 1. The molecule has 1 aromatic carbocycles. The Morgan fingerprint density at radius 3 is 2.64 bits per heavy atom. The first kappa shape index (κ1) is 18.3. The molecule has 1 rings (SSSR count). The van der Waals surface area contributed by atoms with Crippen molar-refractivity contribution in [2.24, 2.45) is 0 Å². The molecule has 5 nitrogen and oxygen atoms in total. The Bertz CT molecular complexity index is 550. The van der Waals surface area contributed by atoms with Gasteiger partial charge in [-0.25, -0.2) is 4.79 Å². The number of benzene rings is 1. The molecular weight excluding hydrogens is 321 g/mol. The summed E-state index contributed by atoms with van der Waals surface area (Å²) in [5.41, 5.74) is 0.828. The Morgan fingerprint density at radius 1 is 1.36 bits per heavy atom. The van der Waals surface area contributed by atoms with Crippen molar-refractivity contribution in [3.05, 3.63) is 23.8 Å². The third-order valence-electron chi connectivity index (χ3n) is 2.45. The van der Waals surface area contributed by atoms with Gasteiger partial charge in [-0.05, 0) is 24.6 Å². The molecule has 2 N–H and O–H groups in total. The lowest BCUT2D eigenvalue weighted by Crippen LogP contribution is -2.32. The first-order chi connectivity index (χ1) is 10.2. The van der Waals surface area contributed by atoms with Gasteiger partial charge in [0.2, 0.25) is 0 Å². The van der Waals surface area contributed by atoms with E-state index in [-0.39, 0.29) is 18.0 Å². The van der Waals surface area contributed by atoms with E-state index in [1.165, 1.54) is 18.4 Å². The smallest absolute Gasteiger partial charge is 0.422 e. The molecule has 0 bridgehead atoms. The summed E-state index contributed by atoms with van der Waals surface area (Å²) in [6.07, 6.45) is -2.96. The third-order valence-corrected chi connectivity index (χ3v) is 3.23. The van der Waals surface area contributed by atoms with E-state index in [2.05, 4.69) is 10.6 Å². The van der Waals surface area contributed by atoms with Crippen LogP contribution < -0.4 is 15.4 Å². The van der Waals surface area contributed by atoms with Gasteiger partial charge < -0.3 is 15.4 Å². The molecule has 0 aliphatic carbocycles. The van der Waals surface area contributed by atoms with Gasteiger partial charge in [-0.3, -0.25) is 4.21 Å². The van der Waals surface area contributed by atoms with Gasteiger partial charge in [-0.2, -0.15) is 13.2 Å². The average Bonchev–Trinajstić information content (AvgIpc) is 2.37.